The van der Waals surface area contributed by atoms with Crippen molar-refractivity contribution in [3.63, 3.8) is 0 Å². The first kappa shape index (κ1) is 35.1. The largest absolute Gasteiger partial charge is 0.508 e. The lowest BCUT2D eigenvalue weighted by atomic mass is 9.97. The van der Waals surface area contributed by atoms with Crippen molar-refractivity contribution in [2.75, 3.05) is 39.4 Å². The fourth-order valence-corrected chi connectivity index (χ4v) is 5.41. The highest BCUT2D eigenvalue weighted by Gasteiger charge is 2.27. The lowest BCUT2D eigenvalue weighted by molar-refractivity contribution is -0.917. The fourth-order valence-electron chi connectivity index (χ4n) is 5.41. The molecule has 0 aliphatic rings. The number of aryl methyl sites for hydroxylation is 2. The van der Waals surface area contributed by atoms with Crippen LogP contribution in [0.1, 0.15) is 127 Å². The highest BCUT2D eigenvalue weighted by Crippen LogP contribution is 2.16. The molecule has 0 N–H and O–H groups in total. The third-order valence-electron chi connectivity index (χ3n) is 8.38. The zero-order valence-electron chi connectivity index (χ0n) is 26.2. The van der Waals surface area contributed by atoms with Crippen molar-refractivity contribution >= 4 is 11.9 Å². The molecule has 0 unspecified atom stereocenters. The van der Waals surface area contributed by atoms with Crippen molar-refractivity contribution in [1.82, 2.24) is 0 Å². The highest BCUT2D eigenvalue weighted by molar-refractivity contribution is 5.82. The number of ether oxygens (including phenoxy) is 2. The predicted octanol–water partition coefficient (Wildman–Crippen LogP) is 8.91. The summed E-state index contributed by atoms with van der Waals surface area (Å²) in [4.78, 5) is 25.0. The first-order valence-corrected chi connectivity index (χ1v) is 16.1. The van der Waals surface area contributed by atoms with Gasteiger partial charge in [0.2, 0.25) is 0 Å². The van der Waals surface area contributed by atoms with Crippen LogP contribution in [0.5, 0.6) is 0 Å². The molecule has 1 rings (SSSR count). The van der Waals surface area contributed by atoms with Gasteiger partial charge in [0.25, 0.3) is 0 Å². The molecular formula is C34H60NO4+. The summed E-state index contributed by atoms with van der Waals surface area (Å²) < 4.78 is 11.3. The van der Waals surface area contributed by atoms with Crippen LogP contribution in [0.2, 0.25) is 0 Å². The lowest BCUT2D eigenvalue weighted by Crippen LogP contribution is -2.53. The summed E-state index contributed by atoms with van der Waals surface area (Å²) in [5.41, 5.74) is 3.47. The third kappa shape index (κ3) is 16.1. The number of ketones is 1. The highest BCUT2D eigenvalue weighted by atomic mass is 16.7. The Morgan fingerprint density at radius 1 is 0.667 bits per heavy atom. The summed E-state index contributed by atoms with van der Waals surface area (Å²) in [5.74, 6) is 0.233. The van der Waals surface area contributed by atoms with E-state index in [9.17, 15) is 9.59 Å². The summed E-state index contributed by atoms with van der Waals surface area (Å²) in [6, 6.07) is 6.16. The Kier molecular flexibility index (Phi) is 19.7. The predicted molar refractivity (Wildman–Crippen MR) is 163 cm³/mol. The van der Waals surface area contributed by atoms with E-state index in [2.05, 4.69) is 46.8 Å². The van der Waals surface area contributed by atoms with Gasteiger partial charge in [-0.05, 0) is 50.8 Å². The van der Waals surface area contributed by atoms with Crippen LogP contribution in [0.4, 0.5) is 4.79 Å². The maximum atomic E-state index is 13.0. The van der Waals surface area contributed by atoms with Crippen LogP contribution in [-0.2, 0) is 20.7 Å². The van der Waals surface area contributed by atoms with Crippen molar-refractivity contribution < 1.29 is 23.5 Å². The van der Waals surface area contributed by atoms with Gasteiger partial charge in [0.1, 0.15) is 19.7 Å². The topological polar surface area (TPSA) is 52.6 Å². The minimum absolute atomic E-state index is 0.233. The van der Waals surface area contributed by atoms with E-state index in [4.69, 9.17) is 9.47 Å². The molecule has 5 nitrogen and oxygen atoms in total. The maximum Gasteiger partial charge on any atom is 0.508 e. The molecule has 0 fully saturated rings. The first-order valence-electron chi connectivity index (χ1n) is 16.1. The van der Waals surface area contributed by atoms with Gasteiger partial charge in [-0.2, -0.15) is 0 Å². The van der Waals surface area contributed by atoms with Crippen LogP contribution >= 0.6 is 0 Å². The summed E-state index contributed by atoms with van der Waals surface area (Å²) >= 11 is 0. The van der Waals surface area contributed by atoms with E-state index in [1.165, 1.54) is 88.2 Å². The second-order valence-corrected chi connectivity index (χ2v) is 11.5. The van der Waals surface area contributed by atoms with Crippen LogP contribution in [-0.4, -0.2) is 55.8 Å². The quantitative estimate of drug-likeness (QED) is 0.0738. The van der Waals surface area contributed by atoms with E-state index < -0.39 is 6.16 Å². The minimum atomic E-state index is -0.586. The van der Waals surface area contributed by atoms with Gasteiger partial charge in [0.05, 0.1) is 19.7 Å². The number of carbonyl (C=O) groups is 2. The Morgan fingerprint density at radius 3 is 1.62 bits per heavy atom. The number of hydrogen-bond donors (Lipinski definition) is 0. The zero-order valence-corrected chi connectivity index (χ0v) is 26.2. The van der Waals surface area contributed by atoms with E-state index >= 15 is 0 Å². The second-order valence-electron chi connectivity index (χ2n) is 11.5. The average molecular weight is 547 g/mol. The van der Waals surface area contributed by atoms with Crippen LogP contribution < -0.4 is 0 Å². The smallest absolute Gasteiger partial charge is 0.434 e. The van der Waals surface area contributed by atoms with E-state index in [1.807, 2.05) is 6.07 Å². The molecule has 0 saturated carbocycles. The van der Waals surface area contributed by atoms with Crippen LogP contribution in [0, 0.1) is 13.8 Å². The van der Waals surface area contributed by atoms with Gasteiger partial charge in [0, 0.05) is 6.42 Å². The molecule has 0 saturated heterocycles. The zero-order chi connectivity index (χ0) is 28.8. The second kappa shape index (κ2) is 21.9. The van der Waals surface area contributed by atoms with Crippen LogP contribution in [0.3, 0.4) is 0 Å². The van der Waals surface area contributed by atoms with Gasteiger partial charge in [-0.1, -0.05) is 109 Å². The molecule has 0 atom stereocenters. The average Bonchev–Trinajstić information content (AvgIpc) is 2.92. The summed E-state index contributed by atoms with van der Waals surface area (Å²) in [6.45, 7) is 14.0. The van der Waals surface area contributed by atoms with E-state index in [0.29, 0.717) is 30.6 Å². The van der Waals surface area contributed by atoms with Crippen molar-refractivity contribution in [3.05, 3.63) is 34.9 Å². The normalized spacial score (nSPS) is 11.5. The Balaban J connectivity index is 2.12. The van der Waals surface area contributed by atoms with Gasteiger partial charge in [-0.25, -0.2) is 4.79 Å². The Morgan fingerprint density at radius 2 is 1.13 bits per heavy atom. The van der Waals surface area contributed by atoms with Gasteiger partial charge >= 0.3 is 6.16 Å². The fraction of sp³-hybridized carbons (Fsp3) is 0.765. The number of unbranched alkanes of at least 4 members (excludes halogenated alkanes) is 13. The molecule has 0 aliphatic carbocycles. The molecule has 5 heteroatoms. The van der Waals surface area contributed by atoms with Gasteiger partial charge < -0.3 is 14.0 Å². The molecule has 1 aromatic carbocycles. The standard InChI is InChI=1S/C34H60NO4/c1-6-9-10-11-12-13-14-15-16-17-18-19-20-21-26-38-34(37)39-27-25-35(7-2,8-3)29-32(36)28-33-30(4)23-22-24-31(33)5/h22-24H,6-21,25-29H2,1-5H3/q+1. The monoisotopic (exact) mass is 546 g/mol. The molecule has 39 heavy (non-hydrogen) atoms. The molecule has 0 spiro atoms. The Hall–Kier alpha value is -1.88. The van der Waals surface area contributed by atoms with Crippen molar-refractivity contribution in [2.24, 2.45) is 0 Å². The molecule has 0 amide bonds. The van der Waals surface area contributed by atoms with E-state index in [1.54, 1.807) is 0 Å². The van der Waals surface area contributed by atoms with E-state index in [-0.39, 0.29) is 12.4 Å². The molecule has 0 aliphatic heterocycles. The molecular weight excluding hydrogens is 486 g/mol. The van der Waals surface area contributed by atoms with Crippen molar-refractivity contribution in [1.29, 1.82) is 0 Å². The van der Waals surface area contributed by atoms with Gasteiger partial charge in [-0.15, -0.1) is 0 Å². The van der Waals surface area contributed by atoms with Gasteiger partial charge in [-0.3, -0.25) is 4.79 Å². The minimum Gasteiger partial charge on any atom is -0.434 e. The SMILES string of the molecule is CCCCCCCCCCCCCCCCOC(=O)OCC[N+](CC)(CC)CC(=O)Cc1c(C)cccc1C. The molecule has 224 valence electrons. The van der Waals surface area contributed by atoms with E-state index in [0.717, 1.165) is 31.5 Å². The number of likely N-dealkylation sites (N-methyl/N-ethyl adjacent to an activating group) is 1. The number of quaternary nitrogens is 1. The molecule has 0 radical (unpaired) electrons. The first-order chi connectivity index (χ1) is 18.9. The number of hydrogen-bond acceptors (Lipinski definition) is 4. The summed E-state index contributed by atoms with van der Waals surface area (Å²) in [5, 5.41) is 0. The number of Topliss-reactive ketones (excluding diaryl/α,β-unsaturated/α-hetero) is 1. The number of rotatable bonds is 24. The molecule has 0 aromatic heterocycles. The lowest BCUT2D eigenvalue weighted by Gasteiger charge is -2.36. The summed E-state index contributed by atoms with van der Waals surface area (Å²) in [7, 11) is 0. The van der Waals surface area contributed by atoms with Gasteiger partial charge in [0.15, 0.2) is 5.78 Å². The Labute approximate surface area is 240 Å². The maximum absolute atomic E-state index is 13.0. The third-order valence-corrected chi connectivity index (χ3v) is 8.38. The Bertz CT molecular complexity index is 767. The number of benzene rings is 1. The summed E-state index contributed by atoms with van der Waals surface area (Å²) in [6.07, 6.45) is 18.1. The number of carbonyl (C=O) groups excluding carboxylic acids is 2. The molecule has 1 aromatic rings. The molecule has 0 bridgehead atoms. The molecule has 0 heterocycles. The van der Waals surface area contributed by atoms with Crippen molar-refractivity contribution in [2.45, 2.75) is 131 Å². The number of nitrogens with zero attached hydrogens (tertiary/aromatic N) is 1. The van der Waals surface area contributed by atoms with Crippen LogP contribution in [0.25, 0.3) is 0 Å². The van der Waals surface area contributed by atoms with Crippen LogP contribution in [0.15, 0.2) is 18.2 Å². The van der Waals surface area contributed by atoms with Crippen molar-refractivity contribution in [3.8, 4) is 0 Å².